The average molecular weight is 468 g/mol. The average Bonchev–Trinajstić information content (AvgIpc) is 2.87. The zero-order valence-corrected chi connectivity index (χ0v) is 19.6. The van der Waals surface area contributed by atoms with E-state index in [2.05, 4.69) is 0 Å². The highest BCUT2D eigenvalue weighted by atomic mass is 32.2. The Balaban J connectivity index is 1.72. The van der Waals surface area contributed by atoms with Crippen molar-refractivity contribution >= 4 is 28.6 Å². The summed E-state index contributed by atoms with van der Waals surface area (Å²) in [5.74, 6) is 0.0118. The van der Waals surface area contributed by atoms with Crippen LogP contribution >= 0.6 is 11.8 Å². The lowest BCUT2D eigenvalue weighted by Crippen LogP contribution is -2.42. The van der Waals surface area contributed by atoms with Crippen LogP contribution in [-0.4, -0.2) is 59.9 Å². The molecule has 1 atom stereocenters. The van der Waals surface area contributed by atoms with E-state index in [9.17, 15) is 9.59 Å². The van der Waals surface area contributed by atoms with Crippen LogP contribution in [-0.2, 0) is 20.8 Å². The summed E-state index contributed by atoms with van der Waals surface area (Å²) < 4.78 is 12.6. The topological polar surface area (TPSA) is 73.7 Å². The van der Waals surface area contributed by atoms with E-state index in [1.807, 2.05) is 60.4 Å². The number of fused-ring (bicyclic) bond motifs is 1. The predicted octanol–water partition coefficient (Wildman–Crippen LogP) is 3.52. The van der Waals surface area contributed by atoms with Gasteiger partial charge < -0.3 is 14.4 Å². The SMILES string of the molecule is CCOCCCn1c(SC(C(=O)N2CCOCC2)c2ccccc2)nc2ccccc2c1=O. The molecule has 4 rings (SSSR count). The summed E-state index contributed by atoms with van der Waals surface area (Å²) in [5, 5.41) is 0.621. The number of ether oxygens (including phenoxy) is 2. The molecular formula is C25H29N3O4S. The number of benzene rings is 2. The Morgan fingerprint density at radius 2 is 1.85 bits per heavy atom. The Bertz CT molecular complexity index is 1130. The number of hydrogen-bond acceptors (Lipinski definition) is 6. The molecular weight excluding hydrogens is 438 g/mol. The molecule has 1 fully saturated rings. The fraction of sp³-hybridized carbons (Fsp3) is 0.400. The number of para-hydroxylation sites is 1. The van der Waals surface area contributed by atoms with Gasteiger partial charge in [-0.15, -0.1) is 0 Å². The molecule has 33 heavy (non-hydrogen) atoms. The first-order valence-corrected chi connectivity index (χ1v) is 12.2. The highest BCUT2D eigenvalue weighted by molar-refractivity contribution is 8.00. The number of amides is 1. The van der Waals surface area contributed by atoms with Crippen molar-refractivity contribution in [3.8, 4) is 0 Å². The van der Waals surface area contributed by atoms with Gasteiger partial charge in [-0.05, 0) is 31.0 Å². The van der Waals surface area contributed by atoms with Gasteiger partial charge in [0.15, 0.2) is 5.16 Å². The number of morpholine rings is 1. The smallest absolute Gasteiger partial charge is 0.262 e. The first-order valence-electron chi connectivity index (χ1n) is 11.3. The first-order chi connectivity index (χ1) is 16.2. The number of hydrogen-bond donors (Lipinski definition) is 0. The van der Waals surface area contributed by atoms with E-state index < -0.39 is 5.25 Å². The van der Waals surface area contributed by atoms with Crippen LogP contribution in [0.4, 0.5) is 0 Å². The quantitative estimate of drug-likeness (QED) is 0.272. The highest BCUT2D eigenvalue weighted by Gasteiger charge is 2.30. The molecule has 3 aromatic rings. The van der Waals surface area contributed by atoms with Gasteiger partial charge in [0.2, 0.25) is 5.91 Å². The van der Waals surface area contributed by atoms with Crippen molar-refractivity contribution in [3.63, 3.8) is 0 Å². The molecule has 0 bridgehead atoms. The normalized spacial score (nSPS) is 15.0. The third-order valence-corrected chi connectivity index (χ3v) is 6.81. The molecule has 1 aliphatic rings. The maximum Gasteiger partial charge on any atom is 0.262 e. The van der Waals surface area contributed by atoms with Crippen molar-refractivity contribution in [1.29, 1.82) is 0 Å². The predicted molar refractivity (Wildman–Crippen MR) is 130 cm³/mol. The molecule has 1 aliphatic heterocycles. The van der Waals surface area contributed by atoms with Crippen molar-refractivity contribution in [3.05, 3.63) is 70.5 Å². The Hall–Kier alpha value is -2.68. The molecule has 0 radical (unpaired) electrons. The second kappa shape index (κ2) is 11.4. The number of nitrogens with zero attached hydrogens (tertiary/aromatic N) is 3. The molecule has 0 aliphatic carbocycles. The highest BCUT2D eigenvalue weighted by Crippen LogP contribution is 2.36. The minimum atomic E-state index is -0.504. The maximum atomic E-state index is 13.6. The second-order valence-corrected chi connectivity index (χ2v) is 8.84. The van der Waals surface area contributed by atoms with Crippen LogP contribution in [0.5, 0.6) is 0 Å². The lowest BCUT2D eigenvalue weighted by molar-refractivity contribution is -0.134. The summed E-state index contributed by atoms with van der Waals surface area (Å²) in [7, 11) is 0. The zero-order chi connectivity index (χ0) is 23.0. The largest absolute Gasteiger partial charge is 0.382 e. The fourth-order valence-electron chi connectivity index (χ4n) is 3.85. The molecule has 7 nitrogen and oxygen atoms in total. The minimum Gasteiger partial charge on any atom is -0.382 e. The van der Waals surface area contributed by atoms with Crippen molar-refractivity contribution in [2.75, 3.05) is 39.5 Å². The van der Waals surface area contributed by atoms with Crippen LogP contribution < -0.4 is 5.56 Å². The Kier molecular flexibility index (Phi) is 8.15. The number of thioether (sulfide) groups is 1. The molecule has 1 aromatic heterocycles. The van der Waals surface area contributed by atoms with Gasteiger partial charge in [-0.2, -0.15) is 0 Å². The first kappa shape index (κ1) is 23.5. The van der Waals surface area contributed by atoms with E-state index in [1.54, 1.807) is 10.6 Å². The van der Waals surface area contributed by atoms with Crippen LogP contribution in [0, 0.1) is 0 Å². The van der Waals surface area contributed by atoms with E-state index in [1.165, 1.54) is 11.8 Å². The Morgan fingerprint density at radius 3 is 2.61 bits per heavy atom. The number of rotatable bonds is 9. The van der Waals surface area contributed by atoms with Gasteiger partial charge in [0.1, 0.15) is 5.25 Å². The number of aromatic nitrogens is 2. The third-order valence-electron chi connectivity index (χ3n) is 5.57. The standard InChI is InChI=1S/C25H29N3O4S/c1-2-31-16-8-13-28-23(29)20-11-6-7-12-21(20)26-25(28)33-22(19-9-4-3-5-10-19)24(30)27-14-17-32-18-15-27/h3-7,9-12,22H,2,8,13-18H2,1H3. The van der Waals surface area contributed by atoms with Gasteiger partial charge in [-0.25, -0.2) is 4.98 Å². The molecule has 1 saturated heterocycles. The molecule has 0 saturated carbocycles. The minimum absolute atomic E-state index is 0.0118. The number of carbonyl (C=O) groups is 1. The Labute approximate surface area is 197 Å². The van der Waals surface area contributed by atoms with Gasteiger partial charge >= 0.3 is 0 Å². The van der Waals surface area contributed by atoms with Crippen LogP contribution in [0.15, 0.2) is 64.5 Å². The second-order valence-electron chi connectivity index (χ2n) is 7.77. The zero-order valence-electron chi connectivity index (χ0n) is 18.8. The van der Waals surface area contributed by atoms with Crippen LogP contribution in [0.3, 0.4) is 0 Å². The summed E-state index contributed by atoms with van der Waals surface area (Å²) >= 11 is 1.34. The molecule has 0 N–H and O–H groups in total. The summed E-state index contributed by atoms with van der Waals surface area (Å²) in [5.41, 5.74) is 1.43. The number of carbonyl (C=O) groups excluding carboxylic acids is 1. The van der Waals surface area contributed by atoms with E-state index in [-0.39, 0.29) is 11.5 Å². The molecule has 2 aromatic carbocycles. The molecule has 2 heterocycles. The van der Waals surface area contributed by atoms with Gasteiger partial charge in [0.05, 0.1) is 24.1 Å². The van der Waals surface area contributed by atoms with Crippen molar-refractivity contribution < 1.29 is 14.3 Å². The van der Waals surface area contributed by atoms with E-state index in [4.69, 9.17) is 14.5 Å². The van der Waals surface area contributed by atoms with Gasteiger partial charge in [-0.1, -0.05) is 54.2 Å². The van der Waals surface area contributed by atoms with E-state index in [0.717, 1.165) is 5.56 Å². The van der Waals surface area contributed by atoms with E-state index >= 15 is 0 Å². The summed E-state index contributed by atoms with van der Waals surface area (Å²) in [6.45, 7) is 5.83. The summed E-state index contributed by atoms with van der Waals surface area (Å²) in [6, 6.07) is 17.1. The van der Waals surface area contributed by atoms with Crippen molar-refractivity contribution in [2.24, 2.45) is 0 Å². The molecule has 0 spiro atoms. The van der Waals surface area contributed by atoms with Crippen LogP contribution in [0.25, 0.3) is 10.9 Å². The van der Waals surface area contributed by atoms with Crippen LogP contribution in [0.1, 0.15) is 24.2 Å². The lowest BCUT2D eigenvalue weighted by atomic mass is 10.1. The maximum absolute atomic E-state index is 13.6. The monoisotopic (exact) mass is 467 g/mol. The summed E-state index contributed by atoms with van der Waals surface area (Å²) in [6.07, 6.45) is 0.689. The van der Waals surface area contributed by atoms with Gasteiger partial charge in [0.25, 0.3) is 5.56 Å². The molecule has 174 valence electrons. The lowest BCUT2D eigenvalue weighted by Gasteiger charge is -2.30. The molecule has 1 unspecified atom stereocenters. The van der Waals surface area contributed by atoms with Gasteiger partial charge in [0, 0.05) is 32.8 Å². The van der Waals surface area contributed by atoms with E-state index in [0.29, 0.717) is 68.5 Å². The van der Waals surface area contributed by atoms with Gasteiger partial charge in [-0.3, -0.25) is 14.2 Å². The fourth-order valence-corrected chi connectivity index (χ4v) is 5.05. The van der Waals surface area contributed by atoms with Crippen LogP contribution in [0.2, 0.25) is 0 Å². The summed E-state index contributed by atoms with van der Waals surface area (Å²) in [4.78, 5) is 33.6. The molecule has 1 amide bonds. The molecule has 8 heteroatoms. The van der Waals surface area contributed by atoms with Crippen molar-refractivity contribution in [1.82, 2.24) is 14.5 Å². The van der Waals surface area contributed by atoms with Crippen molar-refractivity contribution in [2.45, 2.75) is 30.3 Å². The third kappa shape index (κ3) is 5.63. The Morgan fingerprint density at radius 1 is 1.12 bits per heavy atom.